The van der Waals surface area contributed by atoms with Crippen molar-refractivity contribution in [2.75, 3.05) is 6.54 Å². The van der Waals surface area contributed by atoms with E-state index in [1.54, 1.807) is 0 Å². The number of aliphatic hydroxyl groups excluding tert-OH is 1. The maximum absolute atomic E-state index is 10.2. The summed E-state index contributed by atoms with van der Waals surface area (Å²) in [5.41, 5.74) is 6.44. The van der Waals surface area contributed by atoms with Crippen molar-refractivity contribution in [1.29, 1.82) is 0 Å². The molecule has 0 aliphatic rings. The number of carboxylic acid groups (broad SMARTS) is 1. The molecule has 0 saturated heterocycles. The zero-order chi connectivity index (χ0) is 8.15. The number of hydrogen-bond acceptors (Lipinski definition) is 3. The monoisotopic (exact) mass is 207 g/mol. The average molecular weight is 208 g/mol. The van der Waals surface area contributed by atoms with Crippen LogP contribution in [0, 0.1) is 0 Å². The molecule has 0 atom stereocenters. The third-order valence-electron chi connectivity index (χ3n) is 0.691. The standard InChI is InChI=1S/C5H6NO4.Cu/c6-2-3(7)1-4(8)5(9)10;/h1,6,8H,2H2,(H,9,10);/q-1;+1/b4-1-;. The van der Waals surface area contributed by atoms with Crippen LogP contribution in [-0.2, 0) is 26.7 Å². The zero-order valence-corrected chi connectivity index (χ0v) is 6.24. The number of nitrogens with one attached hydrogen (secondary N) is 1. The third-order valence-corrected chi connectivity index (χ3v) is 0.691. The molecule has 11 heavy (non-hydrogen) atoms. The number of aliphatic carboxylic acids is 1. The predicted molar refractivity (Wildman–Crippen MR) is 32.5 cm³/mol. The van der Waals surface area contributed by atoms with Crippen LogP contribution in [0.4, 0.5) is 0 Å². The second kappa shape index (κ2) is 5.91. The second-order valence-corrected chi connectivity index (χ2v) is 1.48. The van der Waals surface area contributed by atoms with E-state index >= 15 is 0 Å². The Bertz CT molecular complexity index is 189. The molecule has 3 N–H and O–H groups in total. The number of ketones is 1. The van der Waals surface area contributed by atoms with Gasteiger partial charge in [-0.1, -0.05) is 6.54 Å². The van der Waals surface area contributed by atoms with Crippen LogP contribution >= 0.6 is 0 Å². The van der Waals surface area contributed by atoms with Crippen molar-refractivity contribution in [2.45, 2.75) is 0 Å². The van der Waals surface area contributed by atoms with Gasteiger partial charge in [0.25, 0.3) is 0 Å². The molecule has 0 radical (unpaired) electrons. The number of rotatable bonds is 3. The molecule has 0 aliphatic carbocycles. The summed E-state index contributed by atoms with van der Waals surface area (Å²) in [5.74, 6) is -3.33. The Balaban J connectivity index is 0. The largest absolute Gasteiger partial charge is 1.00 e. The Kier molecular flexibility index (Phi) is 6.88. The summed E-state index contributed by atoms with van der Waals surface area (Å²) in [6, 6.07) is 0. The smallest absolute Gasteiger partial charge is 0.671 e. The number of carbonyl (C=O) groups is 2. The Morgan fingerprint density at radius 1 is 1.36 bits per heavy atom. The summed E-state index contributed by atoms with van der Waals surface area (Å²) in [5, 5.41) is 16.4. The Hall–Kier alpha value is -0.841. The van der Waals surface area contributed by atoms with E-state index in [9.17, 15) is 9.59 Å². The van der Waals surface area contributed by atoms with Crippen molar-refractivity contribution in [3.05, 3.63) is 17.6 Å². The van der Waals surface area contributed by atoms with Gasteiger partial charge in [-0.05, 0) is 0 Å². The molecule has 0 aromatic heterocycles. The second-order valence-electron chi connectivity index (χ2n) is 1.48. The minimum absolute atomic E-state index is 0. The average Bonchev–Trinajstić information content (AvgIpc) is 1.87. The molecule has 0 unspecified atom stereocenters. The third kappa shape index (κ3) is 5.60. The molecule has 0 aromatic rings. The Morgan fingerprint density at radius 3 is 2.09 bits per heavy atom. The van der Waals surface area contributed by atoms with E-state index in [0.29, 0.717) is 6.08 Å². The fourth-order valence-corrected chi connectivity index (χ4v) is 0.265. The van der Waals surface area contributed by atoms with E-state index < -0.39 is 24.1 Å². The van der Waals surface area contributed by atoms with Crippen LogP contribution in [0.1, 0.15) is 0 Å². The van der Waals surface area contributed by atoms with Gasteiger partial charge in [0.2, 0.25) is 5.76 Å². The first-order valence-corrected chi connectivity index (χ1v) is 2.39. The van der Waals surface area contributed by atoms with E-state index in [2.05, 4.69) is 0 Å². The predicted octanol–water partition coefficient (Wildman–Crippen LogP) is 0.132. The molecule has 5 nitrogen and oxygen atoms in total. The van der Waals surface area contributed by atoms with Crippen LogP contribution < -0.4 is 0 Å². The Morgan fingerprint density at radius 2 is 1.82 bits per heavy atom. The molecule has 0 fully saturated rings. The van der Waals surface area contributed by atoms with Crippen molar-refractivity contribution in [2.24, 2.45) is 0 Å². The van der Waals surface area contributed by atoms with E-state index in [1.165, 1.54) is 0 Å². The van der Waals surface area contributed by atoms with Crippen molar-refractivity contribution < 1.29 is 36.9 Å². The van der Waals surface area contributed by atoms with Crippen molar-refractivity contribution in [1.82, 2.24) is 0 Å². The molecule has 0 amide bonds. The first kappa shape index (κ1) is 12.8. The molecule has 0 aliphatic heterocycles. The first-order chi connectivity index (χ1) is 4.57. The van der Waals surface area contributed by atoms with Crippen LogP contribution in [0.15, 0.2) is 11.8 Å². The summed E-state index contributed by atoms with van der Waals surface area (Å²) < 4.78 is 0. The Labute approximate surface area is 73.4 Å². The van der Waals surface area contributed by atoms with Crippen molar-refractivity contribution >= 4 is 11.8 Å². The molecular formula is C5H6CuNO4. The van der Waals surface area contributed by atoms with Gasteiger partial charge in [-0.15, -0.1) is 0 Å². The maximum atomic E-state index is 10.2. The van der Waals surface area contributed by atoms with Crippen LogP contribution in [0.5, 0.6) is 0 Å². The molecular weight excluding hydrogens is 202 g/mol. The van der Waals surface area contributed by atoms with Crippen LogP contribution in [0.2, 0.25) is 0 Å². The minimum Gasteiger partial charge on any atom is -0.671 e. The van der Waals surface area contributed by atoms with Gasteiger partial charge < -0.3 is 15.9 Å². The van der Waals surface area contributed by atoms with Crippen LogP contribution in [-0.4, -0.2) is 28.5 Å². The molecule has 0 rings (SSSR count). The molecule has 0 saturated carbocycles. The molecule has 66 valence electrons. The van der Waals surface area contributed by atoms with Crippen molar-refractivity contribution in [3.8, 4) is 0 Å². The summed E-state index contributed by atoms with van der Waals surface area (Å²) in [6.45, 7) is -0.558. The molecule has 0 aromatic carbocycles. The molecule has 6 heteroatoms. The number of hydrogen-bond donors (Lipinski definition) is 2. The summed E-state index contributed by atoms with van der Waals surface area (Å²) in [7, 11) is 0. The number of carboxylic acids is 1. The fraction of sp³-hybridized carbons (Fsp3) is 0.200. The van der Waals surface area contributed by atoms with E-state index in [1.807, 2.05) is 0 Å². The summed E-state index contributed by atoms with van der Waals surface area (Å²) >= 11 is 0. The van der Waals surface area contributed by atoms with E-state index in [-0.39, 0.29) is 17.1 Å². The minimum atomic E-state index is -1.57. The van der Waals surface area contributed by atoms with E-state index in [4.69, 9.17) is 15.9 Å². The quantitative estimate of drug-likeness (QED) is 0.391. The zero-order valence-electron chi connectivity index (χ0n) is 5.30. The van der Waals surface area contributed by atoms with Gasteiger partial charge >= 0.3 is 23.0 Å². The topological polar surface area (TPSA) is 98.4 Å². The summed E-state index contributed by atoms with van der Waals surface area (Å²) in [6.07, 6.45) is 0.509. The van der Waals surface area contributed by atoms with Crippen LogP contribution in [0.25, 0.3) is 5.73 Å². The van der Waals surface area contributed by atoms with Crippen LogP contribution in [0.3, 0.4) is 0 Å². The van der Waals surface area contributed by atoms with Gasteiger partial charge in [-0.3, -0.25) is 4.79 Å². The molecule has 0 bridgehead atoms. The van der Waals surface area contributed by atoms with Gasteiger partial charge in [-0.25, -0.2) is 4.79 Å². The number of aliphatic hydroxyl groups is 1. The van der Waals surface area contributed by atoms with Gasteiger partial charge in [0.15, 0.2) is 0 Å². The van der Waals surface area contributed by atoms with Gasteiger partial charge in [0.05, 0.1) is 0 Å². The SMILES string of the molecule is [Cu+].[NH-]CC(=O)/C=C(\O)C(=O)O. The normalized spacial score (nSPS) is 10.1. The van der Waals surface area contributed by atoms with E-state index in [0.717, 1.165) is 0 Å². The van der Waals surface area contributed by atoms with Gasteiger partial charge in [-0.2, -0.15) is 0 Å². The molecule has 0 spiro atoms. The number of carbonyl (C=O) groups excluding carboxylic acids is 1. The summed E-state index contributed by atoms with van der Waals surface area (Å²) in [4.78, 5) is 20.1. The fourth-order valence-electron chi connectivity index (χ4n) is 0.265. The van der Waals surface area contributed by atoms with Gasteiger partial charge in [0, 0.05) is 6.08 Å². The van der Waals surface area contributed by atoms with Crippen molar-refractivity contribution in [3.63, 3.8) is 0 Å². The van der Waals surface area contributed by atoms with Gasteiger partial charge in [0.1, 0.15) is 5.78 Å². The first-order valence-electron chi connectivity index (χ1n) is 2.39. The maximum Gasteiger partial charge on any atom is 1.00 e. The molecule has 0 heterocycles.